The van der Waals surface area contributed by atoms with E-state index in [1.807, 2.05) is 0 Å². The van der Waals surface area contributed by atoms with Crippen molar-refractivity contribution in [3.8, 4) is 23.3 Å². The zero-order chi connectivity index (χ0) is 32.6. The van der Waals surface area contributed by atoms with Crippen LogP contribution < -0.4 is 25.0 Å². The van der Waals surface area contributed by atoms with Gasteiger partial charge in [-0.15, -0.1) is 0 Å². The van der Waals surface area contributed by atoms with Gasteiger partial charge in [0, 0.05) is 44.7 Å². The van der Waals surface area contributed by atoms with Crippen LogP contribution in [0.15, 0.2) is 30.3 Å². The summed E-state index contributed by atoms with van der Waals surface area (Å²) in [7, 11) is 2.94. The molecule has 0 bridgehead atoms. The third-order valence-corrected chi connectivity index (χ3v) is 8.90. The number of hydrogen-bond donors (Lipinski definition) is 2. The molecule has 14 nitrogen and oxygen atoms in total. The zero-order valence-electron chi connectivity index (χ0n) is 25.9. The number of anilines is 1. The van der Waals surface area contributed by atoms with Gasteiger partial charge in [-0.3, -0.25) is 29.4 Å². The number of methoxy groups -OCH3 is 2. The van der Waals surface area contributed by atoms with Crippen LogP contribution in [0.5, 0.6) is 11.5 Å². The van der Waals surface area contributed by atoms with Crippen molar-refractivity contribution in [2.45, 2.75) is 37.9 Å². The number of imide groups is 1. The summed E-state index contributed by atoms with van der Waals surface area (Å²) < 4.78 is 10.7. The van der Waals surface area contributed by atoms with Gasteiger partial charge in [-0.2, -0.15) is 0 Å². The van der Waals surface area contributed by atoms with E-state index in [-0.39, 0.29) is 54.5 Å². The van der Waals surface area contributed by atoms with Crippen LogP contribution in [0.25, 0.3) is 0 Å². The maximum Gasteiger partial charge on any atom is 0.323 e. The highest BCUT2D eigenvalue weighted by atomic mass is 16.5. The van der Waals surface area contributed by atoms with Gasteiger partial charge in [0.25, 0.3) is 11.8 Å². The number of amides is 6. The Bertz CT molecular complexity index is 1680. The fourth-order valence-electron chi connectivity index (χ4n) is 6.30. The lowest BCUT2D eigenvalue weighted by atomic mass is 9.99. The Balaban J connectivity index is 1.29. The van der Waals surface area contributed by atoms with E-state index in [0.717, 1.165) is 25.2 Å². The van der Waals surface area contributed by atoms with Gasteiger partial charge in [0.1, 0.15) is 17.6 Å². The molecule has 5 heterocycles. The summed E-state index contributed by atoms with van der Waals surface area (Å²) >= 11 is 0. The molecule has 46 heavy (non-hydrogen) atoms. The normalized spacial score (nSPS) is 22.8. The number of likely N-dealkylation sites (N-methyl/N-ethyl adjacent to an activating group) is 1. The van der Waals surface area contributed by atoms with Gasteiger partial charge in [0.2, 0.25) is 17.4 Å². The van der Waals surface area contributed by atoms with Crippen LogP contribution in [0.1, 0.15) is 41.4 Å². The molecule has 4 aliphatic heterocycles. The van der Waals surface area contributed by atoms with Gasteiger partial charge >= 0.3 is 6.03 Å². The number of aromatic nitrogens is 1. The highest BCUT2D eigenvalue weighted by molar-refractivity contribution is 6.10. The summed E-state index contributed by atoms with van der Waals surface area (Å²) in [6.07, 6.45) is 0.571. The summed E-state index contributed by atoms with van der Waals surface area (Å²) in [6.45, 7) is 5.71. The van der Waals surface area contributed by atoms with Crippen molar-refractivity contribution in [1.29, 1.82) is 0 Å². The van der Waals surface area contributed by atoms with E-state index in [0.29, 0.717) is 30.8 Å². The molecule has 2 aromatic rings. The summed E-state index contributed by atoms with van der Waals surface area (Å²) in [5.41, 5.74) is -0.503. The predicted octanol–water partition coefficient (Wildman–Crippen LogP) is 0.344. The fourth-order valence-corrected chi connectivity index (χ4v) is 6.30. The average molecular weight is 630 g/mol. The standard InChI is InChI=1S/C32H35N7O7/c1-4-36-13-15-37(16-14-36)29(42)24-7-10-27(40)39(24)26-9-8-25(46-3)23(33-26)11-12-32(30(43)34-31(44)35-32)19-38-18-20-5-6-21(45-2)17-22(20)28(38)41/h5-6,8-9,17,24H,4,7,10,13-16,18-19H2,1-3H3,(H2,34,35,43,44)/t24?,32-/m1/s1. The molecule has 2 atom stereocenters. The van der Waals surface area contributed by atoms with Gasteiger partial charge in [0.15, 0.2) is 11.4 Å². The smallest absolute Gasteiger partial charge is 0.323 e. The molecular weight excluding hydrogens is 594 g/mol. The largest absolute Gasteiger partial charge is 0.497 e. The minimum absolute atomic E-state index is 0.0940. The van der Waals surface area contributed by atoms with Crippen molar-refractivity contribution >= 4 is 35.5 Å². The van der Waals surface area contributed by atoms with Gasteiger partial charge < -0.3 is 29.5 Å². The minimum Gasteiger partial charge on any atom is -0.497 e. The number of nitrogens with zero attached hydrogens (tertiary/aromatic N) is 5. The van der Waals surface area contributed by atoms with Crippen LogP contribution in [-0.4, -0.2) is 114 Å². The molecule has 2 N–H and O–H groups in total. The Morgan fingerprint density at radius 2 is 1.85 bits per heavy atom. The molecule has 1 aromatic heterocycles. The summed E-state index contributed by atoms with van der Waals surface area (Å²) in [4.78, 5) is 77.0. The summed E-state index contributed by atoms with van der Waals surface area (Å²) in [6, 6.07) is 6.89. The molecule has 4 aliphatic rings. The Hall–Kier alpha value is -5.16. The second kappa shape index (κ2) is 12.3. The number of carbonyl (C=O) groups is 5. The minimum atomic E-state index is -1.79. The van der Waals surface area contributed by atoms with Crippen LogP contribution >= 0.6 is 0 Å². The maximum atomic E-state index is 13.6. The number of rotatable bonds is 7. The van der Waals surface area contributed by atoms with Crippen molar-refractivity contribution in [2.75, 3.05) is 58.4 Å². The van der Waals surface area contributed by atoms with E-state index in [9.17, 15) is 24.0 Å². The first-order valence-electron chi connectivity index (χ1n) is 15.2. The van der Waals surface area contributed by atoms with Crippen LogP contribution in [0.2, 0.25) is 0 Å². The maximum absolute atomic E-state index is 13.6. The van der Waals surface area contributed by atoms with Crippen molar-refractivity contribution in [3.63, 3.8) is 0 Å². The van der Waals surface area contributed by atoms with E-state index in [2.05, 4.69) is 39.3 Å². The lowest BCUT2D eigenvalue weighted by Gasteiger charge is -2.36. The molecule has 3 fully saturated rings. The van der Waals surface area contributed by atoms with E-state index < -0.39 is 23.5 Å². The average Bonchev–Trinajstić information content (AvgIpc) is 3.70. The SMILES string of the molecule is CCN1CCN(C(=O)C2CCC(=O)N2c2ccc(OC)c(C#C[C@]3(CN4Cc5ccc(OC)cc5C4=O)NC(=O)NC3=O)n2)CC1. The van der Waals surface area contributed by atoms with Crippen LogP contribution in [0.4, 0.5) is 10.6 Å². The fraction of sp³-hybridized carbons (Fsp3) is 0.438. The molecule has 1 aromatic carbocycles. The molecule has 6 rings (SSSR count). The van der Waals surface area contributed by atoms with E-state index in [1.165, 1.54) is 24.0 Å². The van der Waals surface area contributed by atoms with Crippen molar-refractivity contribution in [1.82, 2.24) is 30.3 Å². The van der Waals surface area contributed by atoms with Gasteiger partial charge in [0.05, 0.1) is 20.8 Å². The number of piperazine rings is 1. The first-order valence-corrected chi connectivity index (χ1v) is 15.2. The molecule has 0 spiro atoms. The van der Waals surface area contributed by atoms with E-state index >= 15 is 0 Å². The molecule has 0 radical (unpaired) electrons. The van der Waals surface area contributed by atoms with Crippen LogP contribution in [0.3, 0.4) is 0 Å². The Morgan fingerprint density at radius 3 is 2.52 bits per heavy atom. The monoisotopic (exact) mass is 629 g/mol. The molecule has 0 aliphatic carbocycles. The second-order valence-corrected chi connectivity index (χ2v) is 11.5. The van der Waals surface area contributed by atoms with Gasteiger partial charge in [-0.05, 0) is 48.7 Å². The highest BCUT2D eigenvalue weighted by Crippen LogP contribution is 2.31. The third kappa shape index (κ3) is 5.58. The molecule has 0 saturated carbocycles. The second-order valence-electron chi connectivity index (χ2n) is 11.5. The molecule has 6 amide bonds. The number of hydrogen-bond acceptors (Lipinski definition) is 9. The predicted molar refractivity (Wildman–Crippen MR) is 164 cm³/mol. The molecular formula is C32H35N7O7. The van der Waals surface area contributed by atoms with Crippen LogP contribution in [0, 0.1) is 11.8 Å². The number of fused-ring (bicyclic) bond motifs is 1. The van der Waals surface area contributed by atoms with Crippen molar-refractivity contribution in [3.05, 3.63) is 47.2 Å². The zero-order valence-corrected chi connectivity index (χ0v) is 25.9. The number of urea groups is 1. The Morgan fingerprint density at radius 1 is 1.07 bits per heavy atom. The Labute approximate surface area is 266 Å². The van der Waals surface area contributed by atoms with Gasteiger partial charge in [-0.25, -0.2) is 9.78 Å². The summed E-state index contributed by atoms with van der Waals surface area (Å²) in [5.74, 6) is 5.32. The molecule has 1 unspecified atom stereocenters. The first kappa shape index (κ1) is 30.8. The number of nitrogens with one attached hydrogen (secondary N) is 2. The van der Waals surface area contributed by atoms with Gasteiger partial charge in [-0.1, -0.05) is 18.9 Å². The summed E-state index contributed by atoms with van der Waals surface area (Å²) in [5, 5.41) is 4.80. The topological polar surface area (TPSA) is 154 Å². The quantitative estimate of drug-likeness (QED) is 0.326. The van der Waals surface area contributed by atoms with Crippen LogP contribution in [-0.2, 0) is 20.9 Å². The molecule has 240 valence electrons. The van der Waals surface area contributed by atoms with E-state index in [4.69, 9.17) is 9.47 Å². The highest BCUT2D eigenvalue weighted by Gasteiger charge is 2.48. The Kier molecular flexibility index (Phi) is 8.26. The number of carbonyl (C=O) groups excluding carboxylic acids is 5. The third-order valence-electron chi connectivity index (χ3n) is 8.90. The van der Waals surface area contributed by atoms with Crippen molar-refractivity contribution in [2.24, 2.45) is 0 Å². The number of benzene rings is 1. The number of ether oxygens (including phenoxy) is 2. The van der Waals surface area contributed by atoms with Crippen molar-refractivity contribution < 1.29 is 33.4 Å². The van der Waals surface area contributed by atoms with E-state index in [1.54, 1.807) is 35.2 Å². The molecule has 3 saturated heterocycles. The lowest BCUT2D eigenvalue weighted by Crippen LogP contribution is -2.54. The molecule has 14 heteroatoms. The first-order chi connectivity index (χ1) is 22.2. The number of pyridine rings is 1. The lowest BCUT2D eigenvalue weighted by molar-refractivity contribution is -0.134.